The summed E-state index contributed by atoms with van der Waals surface area (Å²) in [7, 11) is 1.27. The third kappa shape index (κ3) is 4.77. The minimum Gasteiger partial charge on any atom is -0.465 e. The van der Waals surface area contributed by atoms with E-state index in [1.165, 1.54) is 25.3 Å². The summed E-state index contributed by atoms with van der Waals surface area (Å²) < 4.78 is 33.6. The quantitative estimate of drug-likeness (QED) is 0.667. The molecule has 0 fully saturated rings. The number of esters is 1. The van der Waals surface area contributed by atoms with Gasteiger partial charge in [-0.1, -0.05) is 24.9 Å². The fourth-order valence-corrected chi connectivity index (χ4v) is 2.94. The van der Waals surface area contributed by atoms with Crippen molar-refractivity contribution in [2.24, 2.45) is 0 Å². The minimum absolute atomic E-state index is 0.0696. The lowest BCUT2D eigenvalue weighted by Crippen LogP contribution is -2.15. The van der Waals surface area contributed by atoms with Crippen LogP contribution in [0.5, 0.6) is 5.75 Å². The van der Waals surface area contributed by atoms with Gasteiger partial charge in [0.25, 0.3) is 5.91 Å². The van der Waals surface area contributed by atoms with Gasteiger partial charge in [-0.3, -0.25) is 4.79 Å². The number of anilines is 1. The number of hydrogen-bond donors (Lipinski definition) is 2. The van der Waals surface area contributed by atoms with Crippen LogP contribution in [0.3, 0.4) is 0 Å². The summed E-state index contributed by atoms with van der Waals surface area (Å²) in [6.07, 6.45) is 1.21. The zero-order valence-corrected chi connectivity index (χ0v) is 15.7. The predicted molar refractivity (Wildman–Crippen MR) is 96.9 cm³/mol. The van der Waals surface area contributed by atoms with Gasteiger partial charge in [0.1, 0.15) is 11.4 Å². The van der Waals surface area contributed by atoms with Gasteiger partial charge in [-0.2, -0.15) is 8.78 Å². The Kier molecular flexibility index (Phi) is 6.79. The van der Waals surface area contributed by atoms with Gasteiger partial charge in [-0.15, -0.1) is 0 Å². The Hall–Kier alpha value is -2.61. The van der Waals surface area contributed by atoms with Crippen LogP contribution in [0.1, 0.15) is 45.4 Å². The van der Waals surface area contributed by atoms with Crippen LogP contribution in [0.25, 0.3) is 0 Å². The number of nitrogens with one attached hydrogen (secondary N) is 2. The van der Waals surface area contributed by atoms with Gasteiger partial charge in [0, 0.05) is 11.4 Å². The molecule has 27 heavy (non-hydrogen) atoms. The highest BCUT2D eigenvalue weighted by Gasteiger charge is 2.25. The Balaban J connectivity index is 2.30. The van der Waals surface area contributed by atoms with Gasteiger partial charge in [0.15, 0.2) is 0 Å². The Morgan fingerprint density at radius 3 is 2.59 bits per heavy atom. The second kappa shape index (κ2) is 8.85. The number of aromatic nitrogens is 1. The largest absolute Gasteiger partial charge is 0.465 e. The lowest BCUT2D eigenvalue weighted by atomic mass is 10.0. The summed E-state index contributed by atoms with van der Waals surface area (Å²) in [6.45, 7) is 0.598. The van der Waals surface area contributed by atoms with E-state index in [1.807, 2.05) is 6.92 Å². The first-order valence-corrected chi connectivity index (χ1v) is 8.51. The van der Waals surface area contributed by atoms with Gasteiger partial charge in [0.2, 0.25) is 0 Å². The fourth-order valence-electron chi connectivity index (χ4n) is 2.71. The molecule has 1 aromatic carbocycles. The Morgan fingerprint density at radius 2 is 2.04 bits per heavy atom. The van der Waals surface area contributed by atoms with Gasteiger partial charge >= 0.3 is 12.6 Å². The summed E-state index contributed by atoms with van der Waals surface area (Å²) >= 11 is 5.90. The van der Waals surface area contributed by atoms with Crippen LogP contribution >= 0.6 is 11.6 Å². The molecule has 1 amide bonds. The van der Waals surface area contributed by atoms with Gasteiger partial charge in [0.05, 0.1) is 17.7 Å². The average Bonchev–Trinajstić information content (AvgIpc) is 2.93. The molecule has 0 saturated carbocycles. The number of alkyl halides is 2. The van der Waals surface area contributed by atoms with E-state index in [4.69, 9.17) is 16.3 Å². The summed E-state index contributed by atoms with van der Waals surface area (Å²) in [5, 5.41) is 2.56. The number of halogens is 3. The second-order valence-electron chi connectivity index (χ2n) is 5.70. The van der Waals surface area contributed by atoms with Crippen molar-refractivity contribution >= 4 is 29.2 Å². The zero-order chi connectivity index (χ0) is 20.1. The molecule has 146 valence electrons. The SMILES string of the molecule is CCCc1c(C(=O)Nc2ccc(OC(F)F)c(Cl)c2)[nH]c(C)c1C(=O)OC. The van der Waals surface area contributed by atoms with Crippen molar-refractivity contribution in [2.75, 3.05) is 12.4 Å². The molecule has 2 rings (SSSR count). The summed E-state index contributed by atoms with van der Waals surface area (Å²) in [5.74, 6) is -1.21. The zero-order valence-electron chi connectivity index (χ0n) is 15.0. The molecule has 0 spiro atoms. The number of H-pyrrole nitrogens is 1. The lowest BCUT2D eigenvalue weighted by molar-refractivity contribution is -0.0497. The van der Waals surface area contributed by atoms with E-state index in [1.54, 1.807) is 6.92 Å². The summed E-state index contributed by atoms with van der Waals surface area (Å²) in [4.78, 5) is 27.6. The molecule has 2 aromatic rings. The van der Waals surface area contributed by atoms with Crippen molar-refractivity contribution < 1.29 is 27.8 Å². The van der Waals surface area contributed by atoms with E-state index < -0.39 is 18.5 Å². The minimum atomic E-state index is -3.00. The van der Waals surface area contributed by atoms with E-state index in [2.05, 4.69) is 15.0 Å². The molecule has 0 aliphatic rings. The van der Waals surface area contributed by atoms with E-state index in [0.29, 0.717) is 35.3 Å². The molecule has 0 aliphatic heterocycles. The first-order chi connectivity index (χ1) is 12.8. The number of carbonyl (C=O) groups is 2. The number of aryl methyl sites for hydroxylation is 1. The van der Waals surface area contributed by atoms with Gasteiger partial charge < -0.3 is 19.8 Å². The highest BCUT2D eigenvalue weighted by molar-refractivity contribution is 6.32. The molecule has 0 unspecified atom stereocenters. The number of aromatic amines is 1. The van der Waals surface area contributed by atoms with Crippen molar-refractivity contribution in [1.29, 1.82) is 0 Å². The molecule has 6 nitrogen and oxygen atoms in total. The van der Waals surface area contributed by atoms with Crippen LogP contribution in [0.15, 0.2) is 18.2 Å². The van der Waals surface area contributed by atoms with Crippen molar-refractivity contribution in [2.45, 2.75) is 33.3 Å². The number of amides is 1. The van der Waals surface area contributed by atoms with Crippen LogP contribution in [0.4, 0.5) is 14.5 Å². The van der Waals surface area contributed by atoms with Crippen molar-refractivity contribution in [1.82, 2.24) is 4.98 Å². The molecule has 0 aliphatic carbocycles. The number of benzene rings is 1. The molecule has 9 heteroatoms. The molecule has 0 bridgehead atoms. The van der Waals surface area contributed by atoms with Crippen LogP contribution in [0, 0.1) is 6.92 Å². The molecule has 2 N–H and O–H groups in total. The maximum absolute atomic E-state index is 12.7. The van der Waals surface area contributed by atoms with Crippen LogP contribution in [-0.4, -0.2) is 30.6 Å². The van der Waals surface area contributed by atoms with Gasteiger partial charge in [-0.25, -0.2) is 4.79 Å². The molecular weight excluding hydrogens is 382 g/mol. The maximum Gasteiger partial charge on any atom is 0.387 e. The molecule has 0 radical (unpaired) electrons. The predicted octanol–water partition coefficient (Wildman–Crippen LogP) is 4.57. The standard InChI is InChI=1S/C18H19ClF2N2O4/c1-4-5-11-14(17(25)26-3)9(2)22-15(11)16(24)23-10-6-7-13(12(19)8-10)27-18(20)21/h6-8,18,22H,4-5H2,1-3H3,(H,23,24). The first kappa shape index (κ1) is 20.7. The van der Waals surface area contributed by atoms with Crippen molar-refractivity contribution in [3.63, 3.8) is 0 Å². The lowest BCUT2D eigenvalue weighted by Gasteiger charge is -2.10. The fraction of sp³-hybridized carbons (Fsp3) is 0.333. The van der Waals surface area contributed by atoms with E-state index in [-0.39, 0.29) is 16.5 Å². The number of carbonyl (C=O) groups excluding carboxylic acids is 2. The topological polar surface area (TPSA) is 80.4 Å². The van der Waals surface area contributed by atoms with Crippen LogP contribution < -0.4 is 10.1 Å². The second-order valence-corrected chi connectivity index (χ2v) is 6.11. The van der Waals surface area contributed by atoms with Gasteiger partial charge in [-0.05, 0) is 37.1 Å². The summed E-state index contributed by atoms with van der Waals surface area (Å²) in [6, 6.07) is 3.92. The van der Waals surface area contributed by atoms with Crippen molar-refractivity contribution in [3.05, 3.63) is 45.7 Å². The smallest absolute Gasteiger partial charge is 0.387 e. The third-order valence-corrected chi connectivity index (χ3v) is 4.11. The Labute approximate surface area is 159 Å². The highest BCUT2D eigenvalue weighted by Crippen LogP contribution is 2.29. The first-order valence-electron chi connectivity index (χ1n) is 8.13. The Morgan fingerprint density at radius 1 is 1.33 bits per heavy atom. The van der Waals surface area contributed by atoms with Crippen molar-refractivity contribution in [3.8, 4) is 5.75 Å². The number of rotatable bonds is 7. The molecule has 0 saturated heterocycles. The highest BCUT2D eigenvalue weighted by atomic mass is 35.5. The maximum atomic E-state index is 12.7. The van der Waals surface area contributed by atoms with E-state index in [0.717, 1.165) is 0 Å². The molecule has 0 atom stereocenters. The number of ether oxygens (including phenoxy) is 2. The van der Waals surface area contributed by atoms with Crippen LogP contribution in [-0.2, 0) is 11.2 Å². The normalized spacial score (nSPS) is 10.8. The number of methoxy groups -OCH3 is 1. The average molecular weight is 401 g/mol. The summed E-state index contributed by atoms with van der Waals surface area (Å²) in [5.41, 5.74) is 1.94. The van der Waals surface area contributed by atoms with Crippen LogP contribution in [0.2, 0.25) is 5.02 Å². The molecule has 1 heterocycles. The third-order valence-electron chi connectivity index (χ3n) is 3.81. The molecular formula is C18H19ClF2N2O4. The number of hydrogen-bond acceptors (Lipinski definition) is 4. The monoisotopic (exact) mass is 400 g/mol. The van der Waals surface area contributed by atoms with E-state index in [9.17, 15) is 18.4 Å². The van der Waals surface area contributed by atoms with E-state index >= 15 is 0 Å². The Bertz CT molecular complexity index is 852. The molecule has 1 aromatic heterocycles.